The van der Waals surface area contributed by atoms with E-state index in [1.807, 2.05) is 0 Å². The quantitative estimate of drug-likeness (QED) is 0.392. The molecule has 0 aromatic heterocycles. The van der Waals surface area contributed by atoms with Crippen molar-refractivity contribution >= 4 is 7.85 Å². The minimum Gasteiger partial charge on any atom is -0.307 e. The van der Waals surface area contributed by atoms with Gasteiger partial charge in [0.25, 0.3) is 0 Å². The van der Waals surface area contributed by atoms with Crippen LogP contribution in [-0.2, 0) is 4.74 Å². The summed E-state index contributed by atoms with van der Waals surface area (Å²) in [5.41, 5.74) is -19.0. The van der Waals surface area contributed by atoms with Gasteiger partial charge in [0, 0.05) is 0 Å². The standard InChI is InChI=1S/C13H16BF11O/c1-5-8(3,9(4,16)11(18,19)20)26-13(24,25)10(17,12(21,22)23)7(2,15)6-14/h5-6H2,1-4H3. The number of rotatable bonds is 7. The Balaban J connectivity index is 6.45. The van der Waals surface area contributed by atoms with Crippen LogP contribution in [0.3, 0.4) is 0 Å². The van der Waals surface area contributed by atoms with Gasteiger partial charge >= 0.3 is 24.1 Å². The van der Waals surface area contributed by atoms with E-state index in [1.54, 1.807) is 0 Å². The van der Waals surface area contributed by atoms with Crippen LogP contribution in [0.1, 0.15) is 34.1 Å². The van der Waals surface area contributed by atoms with Gasteiger partial charge in [0.05, 0.1) is 7.85 Å². The van der Waals surface area contributed by atoms with Crippen LogP contribution in [0.5, 0.6) is 0 Å². The summed E-state index contributed by atoms with van der Waals surface area (Å²) in [6.07, 6.45) is -21.9. The van der Waals surface area contributed by atoms with Crippen LogP contribution in [0.2, 0.25) is 6.32 Å². The third-order valence-electron chi connectivity index (χ3n) is 4.45. The van der Waals surface area contributed by atoms with E-state index in [1.165, 1.54) is 0 Å². The minimum atomic E-state index is -6.65. The van der Waals surface area contributed by atoms with E-state index in [9.17, 15) is 48.3 Å². The van der Waals surface area contributed by atoms with Gasteiger partial charge in [-0.3, -0.25) is 0 Å². The topological polar surface area (TPSA) is 9.23 Å². The molecule has 0 heterocycles. The monoisotopic (exact) mass is 408 g/mol. The Morgan fingerprint density at radius 3 is 1.35 bits per heavy atom. The summed E-state index contributed by atoms with van der Waals surface area (Å²) < 4.78 is 151. The van der Waals surface area contributed by atoms with E-state index in [2.05, 4.69) is 12.6 Å². The molecule has 4 unspecified atom stereocenters. The summed E-state index contributed by atoms with van der Waals surface area (Å²) in [5.74, 6) is 0. The fourth-order valence-electron chi connectivity index (χ4n) is 2.06. The second-order valence-corrected chi connectivity index (χ2v) is 6.26. The van der Waals surface area contributed by atoms with Gasteiger partial charge in [-0.2, -0.15) is 35.1 Å². The lowest BCUT2D eigenvalue weighted by Crippen LogP contribution is -2.70. The van der Waals surface area contributed by atoms with Gasteiger partial charge in [-0.1, -0.05) is 13.2 Å². The molecule has 0 N–H and O–H groups in total. The maximum atomic E-state index is 14.3. The molecular weight excluding hydrogens is 392 g/mol. The molecule has 0 saturated carbocycles. The smallest absolute Gasteiger partial charge is 0.307 e. The van der Waals surface area contributed by atoms with Crippen molar-refractivity contribution in [3.8, 4) is 0 Å². The van der Waals surface area contributed by atoms with E-state index in [0.29, 0.717) is 6.92 Å². The second kappa shape index (κ2) is 6.70. The predicted molar refractivity (Wildman–Crippen MR) is 70.3 cm³/mol. The number of ether oxygens (including phenoxy) is 1. The maximum Gasteiger partial charge on any atom is 0.434 e. The van der Waals surface area contributed by atoms with E-state index in [-0.39, 0.29) is 20.8 Å². The highest BCUT2D eigenvalue weighted by molar-refractivity contribution is 6.09. The summed E-state index contributed by atoms with van der Waals surface area (Å²) in [5, 5.41) is 0. The average Bonchev–Trinajstić information content (AvgIpc) is 2.42. The van der Waals surface area contributed by atoms with E-state index >= 15 is 0 Å². The van der Waals surface area contributed by atoms with Crippen molar-refractivity contribution in [2.24, 2.45) is 0 Å². The van der Waals surface area contributed by atoms with Gasteiger partial charge in [0.2, 0.25) is 5.67 Å². The van der Waals surface area contributed by atoms with E-state index in [0.717, 1.165) is 0 Å². The fraction of sp³-hybridized carbons (Fsp3) is 1.00. The summed E-state index contributed by atoms with van der Waals surface area (Å²) in [7, 11) is 4.58. The molecule has 0 bridgehead atoms. The average molecular weight is 408 g/mol. The summed E-state index contributed by atoms with van der Waals surface area (Å²) in [6, 6.07) is 0. The first-order valence-corrected chi connectivity index (χ1v) is 7.06. The molecule has 26 heavy (non-hydrogen) atoms. The minimum absolute atomic E-state index is 0.0726. The first-order valence-electron chi connectivity index (χ1n) is 7.06. The Labute approximate surface area is 143 Å². The fourth-order valence-corrected chi connectivity index (χ4v) is 2.06. The van der Waals surface area contributed by atoms with Crippen LogP contribution in [0, 0.1) is 0 Å². The SMILES string of the molecule is [B]CC(C)(F)C(F)(C(F)(F)F)C(F)(F)OC(C)(CC)C(C)(F)C(F)(F)F. The van der Waals surface area contributed by atoms with Gasteiger partial charge in [-0.25, -0.2) is 13.2 Å². The molecule has 4 atom stereocenters. The van der Waals surface area contributed by atoms with Crippen molar-refractivity contribution in [1.82, 2.24) is 0 Å². The van der Waals surface area contributed by atoms with Crippen LogP contribution in [0.15, 0.2) is 0 Å². The zero-order valence-corrected chi connectivity index (χ0v) is 14.1. The van der Waals surface area contributed by atoms with Crippen molar-refractivity contribution in [2.45, 2.75) is 81.5 Å². The van der Waals surface area contributed by atoms with Gasteiger partial charge in [-0.15, -0.1) is 0 Å². The van der Waals surface area contributed by atoms with Gasteiger partial charge in [0.15, 0.2) is 5.67 Å². The van der Waals surface area contributed by atoms with Crippen molar-refractivity contribution in [2.75, 3.05) is 0 Å². The molecule has 0 aliphatic rings. The Bertz CT molecular complexity index is 499. The van der Waals surface area contributed by atoms with E-state index in [4.69, 9.17) is 0 Å². The Morgan fingerprint density at radius 2 is 1.12 bits per heavy atom. The van der Waals surface area contributed by atoms with E-state index < -0.39 is 53.8 Å². The van der Waals surface area contributed by atoms with Crippen molar-refractivity contribution < 1.29 is 53.0 Å². The highest BCUT2D eigenvalue weighted by Crippen LogP contribution is 2.57. The molecular formula is C13H16BF11O. The molecule has 0 aliphatic carbocycles. The Morgan fingerprint density at radius 1 is 0.731 bits per heavy atom. The zero-order valence-electron chi connectivity index (χ0n) is 14.1. The third-order valence-corrected chi connectivity index (χ3v) is 4.45. The molecule has 0 aromatic rings. The van der Waals surface area contributed by atoms with Crippen LogP contribution < -0.4 is 0 Å². The van der Waals surface area contributed by atoms with Crippen LogP contribution >= 0.6 is 0 Å². The molecule has 1 nitrogen and oxygen atoms in total. The van der Waals surface area contributed by atoms with Crippen molar-refractivity contribution in [3.05, 3.63) is 0 Å². The Kier molecular flexibility index (Phi) is 6.51. The number of alkyl halides is 11. The van der Waals surface area contributed by atoms with Crippen LogP contribution in [-0.4, -0.2) is 48.9 Å². The molecule has 0 aromatic carbocycles. The summed E-state index contributed by atoms with van der Waals surface area (Å²) >= 11 is 0. The number of hydrogen-bond donors (Lipinski definition) is 0. The van der Waals surface area contributed by atoms with Crippen LogP contribution in [0.4, 0.5) is 48.3 Å². The maximum absolute atomic E-state index is 14.3. The van der Waals surface area contributed by atoms with Crippen molar-refractivity contribution in [1.29, 1.82) is 0 Å². The molecule has 0 aliphatic heterocycles. The molecule has 0 spiro atoms. The predicted octanol–water partition coefficient (Wildman–Crippen LogP) is 5.64. The molecule has 0 amide bonds. The largest absolute Gasteiger partial charge is 0.434 e. The third kappa shape index (κ3) is 3.64. The molecule has 154 valence electrons. The molecule has 0 saturated heterocycles. The lowest BCUT2D eigenvalue weighted by Gasteiger charge is -2.47. The number of halogens is 11. The highest BCUT2D eigenvalue weighted by atomic mass is 19.4. The van der Waals surface area contributed by atoms with Crippen molar-refractivity contribution in [3.63, 3.8) is 0 Å². The highest BCUT2D eigenvalue weighted by Gasteiger charge is 2.82. The first-order chi connectivity index (χ1) is 11.1. The normalized spacial score (nSPS) is 23.5. The lowest BCUT2D eigenvalue weighted by molar-refractivity contribution is -0.443. The molecule has 0 rings (SSSR count). The first kappa shape index (κ1) is 25.3. The Hall–Kier alpha value is -0.745. The molecule has 13 heteroatoms. The van der Waals surface area contributed by atoms with Gasteiger partial charge in [-0.05, 0) is 27.2 Å². The molecule has 2 radical (unpaired) electrons. The van der Waals surface area contributed by atoms with Gasteiger partial charge in [0.1, 0.15) is 5.60 Å². The second-order valence-electron chi connectivity index (χ2n) is 6.26. The number of hydrogen-bond acceptors (Lipinski definition) is 1. The van der Waals surface area contributed by atoms with Crippen LogP contribution in [0.25, 0.3) is 0 Å². The zero-order chi connectivity index (χ0) is 21.6. The summed E-state index contributed by atoms with van der Waals surface area (Å²) in [6.45, 7) is 0.227. The summed E-state index contributed by atoms with van der Waals surface area (Å²) in [4.78, 5) is 0. The van der Waals surface area contributed by atoms with Gasteiger partial charge < -0.3 is 4.74 Å². The molecule has 0 fully saturated rings. The lowest BCUT2D eigenvalue weighted by atomic mass is 9.76.